The largest absolute Gasteiger partial charge is 0.148 e. The molecule has 0 aromatic carbocycles. The minimum Gasteiger partial charge on any atom is -0.148 e. The minimum absolute atomic E-state index is 0.520. The molecular formula is C13H20S. The highest BCUT2D eigenvalue weighted by molar-refractivity contribution is 7.10. The SMILES string of the molecule is CCC1(c2cccs2)CCCCC1C. The monoisotopic (exact) mass is 208 g/mol. The maximum atomic E-state index is 2.45. The first-order valence-corrected chi connectivity index (χ1v) is 6.71. The molecule has 0 aliphatic heterocycles. The van der Waals surface area contributed by atoms with E-state index in [2.05, 4.69) is 31.4 Å². The molecule has 0 nitrogen and oxygen atoms in total. The molecule has 2 atom stereocenters. The van der Waals surface area contributed by atoms with Crippen LogP contribution in [0.2, 0.25) is 0 Å². The van der Waals surface area contributed by atoms with Crippen molar-refractivity contribution in [2.75, 3.05) is 0 Å². The first kappa shape index (κ1) is 10.2. The van der Waals surface area contributed by atoms with Crippen molar-refractivity contribution in [3.63, 3.8) is 0 Å². The van der Waals surface area contributed by atoms with Crippen LogP contribution >= 0.6 is 11.3 Å². The molecule has 0 amide bonds. The normalized spacial score (nSPS) is 33.1. The summed E-state index contributed by atoms with van der Waals surface area (Å²) in [5.41, 5.74) is 0.520. The molecule has 0 saturated heterocycles. The highest BCUT2D eigenvalue weighted by atomic mass is 32.1. The third-order valence-corrected chi connectivity index (χ3v) is 5.19. The molecule has 1 fully saturated rings. The highest BCUT2D eigenvalue weighted by Crippen LogP contribution is 2.47. The molecule has 2 rings (SSSR count). The lowest BCUT2D eigenvalue weighted by Gasteiger charge is -2.41. The van der Waals surface area contributed by atoms with Crippen molar-refractivity contribution >= 4 is 11.3 Å². The summed E-state index contributed by atoms with van der Waals surface area (Å²) in [5, 5.41) is 2.23. The van der Waals surface area contributed by atoms with Crippen LogP contribution in [0.15, 0.2) is 17.5 Å². The second kappa shape index (κ2) is 4.06. The van der Waals surface area contributed by atoms with Gasteiger partial charge in [0, 0.05) is 10.3 Å². The van der Waals surface area contributed by atoms with Crippen LogP contribution in [-0.2, 0) is 5.41 Å². The van der Waals surface area contributed by atoms with Gasteiger partial charge in [0.15, 0.2) is 0 Å². The van der Waals surface area contributed by atoms with Crippen molar-refractivity contribution in [3.8, 4) is 0 Å². The molecular weight excluding hydrogens is 188 g/mol. The van der Waals surface area contributed by atoms with Gasteiger partial charge in [-0.3, -0.25) is 0 Å². The van der Waals surface area contributed by atoms with Crippen molar-refractivity contribution in [1.29, 1.82) is 0 Å². The van der Waals surface area contributed by atoms with Crippen LogP contribution in [0.4, 0.5) is 0 Å². The minimum atomic E-state index is 0.520. The topological polar surface area (TPSA) is 0 Å². The molecule has 1 heterocycles. The summed E-state index contributed by atoms with van der Waals surface area (Å²) >= 11 is 1.96. The first-order valence-electron chi connectivity index (χ1n) is 5.83. The predicted octanol–water partition coefficient (Wildman–Crippen LogP) is 4.61. The molecule has 0 radical (unpaired) electrons. The smallest absolute Gasteiger partial charge is 0.0110 e. The molecule has 1 aromatic heterocycles. The molecule has 1 heteroatoms. The second-order valence-corrected chi connectivity index (χ2v) is 5.58. The van der Waals surface area contributed by atoms with Crippen LogP contribution in [0.25, 0.3) is 0 Å². The van der Waals surface area contributed by atoms with Crippen molar-refractivity contribution in [3.05, 3.63) is 22.4 Å². The van der Waals surface area contributed by atoms with E-state index in [1.54, 1.807) is 4.88 Å². The van der Waals surface area contributed by atoms with Gasteiger partial charge in [0.1, 0.15) is 0 Å². The van der Waals surface area contributed by atoms with E-state index in [0.717, 1.165) is 5.92 Å². The lowest BCUT2D eigenvalue weighted by molar-refractivity contribution is 0.197. The molecule has 0 spiro atoms. The van der Waals surface area contributed by atoms with E-state index in [-0.39, 0.29) is 0 Å². The molecule has 78 valence electrons. The maximum absolute atomic E-state index is 2.45. The van der Waals surface area contributed by atoms with E-state index in [4.69, 9.17) is 0 Å². The van der Waals surface area contributed by atoms with Gasteiger partial charge in [-0.2, -0.15) is 0 Å². The van der Waals surface area contributed by atoms with Crippen LogP contribution in [0, 0.1) is 5.92 Å². The number of hydrogen-bond donors (Lipinski definition) is 0. The number of rotatable bonds is 2. The zero-order chi connectivity index (χ0) is 10.0. The average molecular weight is 208 g/mol. The standard InChI is InChI=1S/C13H20S/c1-3-13(12-8-6-10-14-12)9-5-4-7-11(13)2/h6,8,10-11H,3-5,7,9H2,1-2H3. The maximum Gasteiger partial charge on any atom is 0.0110 e. The Bertz CT molecular complexity index is 275. The summed E-state index contributed by atoms with van der Waals surface area (Å²) < 4.78 is 0. The molecule has 1 saturated carbocycles. The fraction of sp³-hybridized carbons (Fsp3) is 0.692. The third-order valence-electron chi connectivity index (χ3n) is 4.10. The lowest BCUT2D eigenvalue weighted by atomic mass is 9.64. The van der Waals surface area contributed by atoms with Crippen molar-refractivity contribution in [2.45, 2.75) is 51.4 Å². The summed E-state index contributed by atoms with van der Waals surface area (Å²) in [6.45, 7) is 4.81. The van der Waals surface area contributed by atoms with Gasteiger partial charge in [-0.15, -0.1) is 11.3 Å². The van der Waals surface area contributed by atoms with Gasteiger partial charge >= 0.3 is 0 Å². The molecule has 0 N–H and O–H groups in total. The highest BCUT2D eigenvalue weighted by Gasteiger charge is 2.38. The fourth-order valence-electron chi connectivity index (χ4n) is 3.04. The van der Waals surface area contributed by atoms with Crippen LogP contribution in [-0.4, -0.2) is 0 Å². The van der Waals surface area contributed by atoms with Crippen molar-refractivity contribution in [1.82, 2.24) is 0 Å². The molecule has 2 unspecified atom stereocenters. The molecule has 1 aliphatic rings. The number of thiophene rings is 1. The quantitative estimate of drug-likeness (QED) is 0.666. The summed E-state index contributed by atoms with van der Waals surface area (Å²) in [6.07, 6.45) is 7.01. The van der Waals surface area contributed by atoms with Crippen molar-refractivity contribution < 1.29 is 0 Å². The Kier molecular flexibility index (Phi) is 2.96. The fourth-order valence-corrected chi connectivity index (χ4v) is 4.18. The second-order valence-electron chi connectivity index (χ2n) is 4.63. The van der Waals surface area contributed by atoms with Gasteiger partial charge in [0.05, 0.1) is 0 Å². The first-order chi connectivity index (χ1) is 6.79. The molecule has 1 aromatic rings. The van der Waals surface area contributed by atoms with Crippen molar-refractivity contribution in [2.24, 2.45) is 5.92 Å². The molecule has 14 heavy (non-hydrogen) atoms. The van der Waals surface area contributed by atoms with Gasteiger partial charge in [-0.1, -0.05) is 32.8 Å². The van der Waals surface area contributed by atoms with Gasteiger partial charge in [0.25, 0.3) is 0 Å². The molecule has 0 bridgehead atoms. The van der Waals surface area contributed by atoms with E-state index in [1.807, 2.05) is 11.3 Å². The summed E-state index contributed by atoms with van der Waals surface area (Å²) in [5.74, 6) is 0.875. The van der Waals surface area contributed by atoms with E-state index >= 15 is 0 Å². The Balaban J connectivity index is 2.32. The van der Waals surface area contributed by atoms with E-state index < -0.39 is 0 Å². The van der Waals surface area contributed by atoms with E-state index in [1.165, 1.54) is 32.1 Å². The third kappa shape index (κ3) is 1.52. The van der Waals surface area contributed by atoms with Crippen LogP contribution < -0.4 is 0 Å². The zero-order valence-corrected chi connectivity index (χ0v) is 10.1. The van der Waals surface area contributed by atoms with E-state index in [0.29, 0.717) is 5.41 Å². The Morgan fingerprint density at radius 2 is 2.36 bits per heavy atom. The predicted molar refractivity (Wildman–Crippen MR) is 63.9 cm³/mol. The van der Waals surface area contributed by atoms with Crippen LogP contribution in [0.3, 0.4) is 0 Å². The van der Waals surface area contributed by atoms with Crippen LogP contribution in [0.1, 0.15) is 50.8 Å². The van der Waals surface area contributed by atoms with Gasteiger partial charge in [-0.05, 0) is 36.6 Å². The Labute approximate surface area is 91.4 Å². The summed E-state index contributed by atoms with van der Waals surface area (Å²) in [4.78, 5) is 1.63. The number of hydrogen-bond acceptors (Lipinski definition) is 1. The van der Waals surface area contributed by atoms with Gasteiger partial charge in [0.2, 0.25) is 0 Å². The molecule has 1 aliphatic carbocycles. The Hall–Kier alpha value is -0.300. The lowest BCUT2D eigenvalue weighted by Crippen LogP contribution is -2.35. The van der Waals surface area contributed by atoms with Crippen LogP contribution in [0.5, 0.6) is 0 Å². The zero-order valence-electron chi connectivity index (χ0n) is 9.25. The van der Waals surface area contributed by atoms with Gasteiger partial charge < -0.3 is 0 Å². The van der Waals surface area contributed by atoms with Gasteiger partial charge in [-0.25, -0.2) is 0 Å². The Morgan fingerprint density at radius 1 is 1.50 bits per heavy atom. The summed E-state index contributed by atoms with van der Waals surface area (Å²) in [6, 6.07) is 4.55. The van der Waals surface area contributed by atoms with E-state index in [9.17, 15) is 0 Å². The summed E-state index contributed by atoms with van der Waals surface area (Å²) in [7, 11) is 0. The average Bonchev–Trinajstić information content (AvgIpc) is 2.72. The Morgan fingerprint density at radius 3 is 2.93 bits per heavy atom.